The number of halogens is 4. The van der Waals surface area contributed by atoms with Gasteiger partial charge >= 0.3 is 6.18 Å². The number of hydrogen-bond donors (Lipinski definition) is 2. The molecular weight excluding hydrogens is 482 g/mol. The average Bonchev–Trinajstić information content (AvgIpc) is 3.36. The quantitative estimate of drug-likeness (QED) is 0.456. The molecule has 1 amide bonds. The van der Waals surface area contributed by atoms with Gasteiger partial charge in [0.15, 0.2) is 0 Å². The van der Waals surface area contributed by atoms with Gasteiger partial charge in [-0.3, -0.25) is 9.48 Å². The lowest BCUT2D eigenvalue weighted by atomic mass is 10.0. The smallest absolute Gasteiger partial charge is 0.378 e. The number of amides is 1. The summed E-state index contributed by atoms with van der Waals surface area (Å²) in [6.07, 6.45) is 0.331. The van der Waals surface area contributed by atoms with Crippen molar-refractivity contribution in [2.75, 3.05) is 32.0 Å². The van der Waals surface area contributed by atoms with Gasteiger partial charge in [0.1, 0.15) is 6.17 Å². The van der Waals surface area contributed by atoms with Crippen LogP contribution in [-0.2, 0) is 13.5 Å². The van der Waals surface area contributed by atoms with Crippen molar-refractivity contribution >= 4 is 39.1 Å². The van der Waals surface area contributed by atoms with Crippen molar-refractivity contribution in [2.45, 2.75) is 31.2 Å². The van der Waals surface area contributed by atoms with Crippen molar-refractivity contribution < 1.29 is 22.4 Å². The Labute approximate surface area is 204 Å². The van der Waals surface area contributed by atoms with Crippen LogP contribution in [-0.4, -0.2) is 65.7 Å². The number of carbonyl (C=O) groups excluding carboxylic acids is 1. The second-order valence-corrected chi connectivity index (χ2v) is 9.80. The molecule has 11 heteroatoms. The number of rotatable bonds is 7. The number of carbonyl (C=O) groups is 1. The molecule has 0 saturated carbocycles. The number of hydrogen-bond acceptors (Lipinski definition) is 5. The van der Waals surface area contributed by atoms with Crippen LogP contribution in [0.25, 0.3) is 16.2 Å². The van der Waals surface area contributed by atoms with Gasteiger partial charge in [-0.25, -0.2) is 4.39 Å². The van der Waals surface area contributed by atoms with E-state index in [1.807, 2.05) is 11.9 Å². The zero-order valence-electron chi connectivity index (χ0n) is 19.4. The molecule has 6 nitrogen and oxygen atoms in total. The molecule has 0 unspecified atom stereocenters. The predicted octanol–water partition coefficient (Wildman–Crippen LogP) is 4.64. The molecule has 0 spiro atoms. The second-order valence-electron chi connectivity index (χ2n) is 8.75. The molecule has 35 heavy (non-hydrogen) atoms. The fourth-order valence-electron chi connectivity index (χ4n) is 4.20. The molecule has 1 aromatic carbocycles. The summed E-state index contributed by atoms with van der Waals surface area (Å²) in [6.45, 7) is 1.21. The molecule has 1 aliphatic rings. The van der Waals surface area contributed by atoms with E-state index < -0.39 is 24.8 Å². The van der Waals surface area contributed by atoms with Crippen molar-refractivity contribution in [3.63, 3.8) is 0 Å². The van der Waals surface area contributed by atoms with Crippen molar-refractivity contribution in [3.8, 4) is 0 Å². The lowest BCUT2D eigenvalue weighted by Gasteiger charge is -2.33. The summed E-state index contributed by atoms with van der Waals surface area (Å²) in [6, 6.07) is 4.75. The molecular formula is C24H27F4N5OS. The van der Waals surface area contributed by atoms with E-state index in [1.54, 1.807) is 43.6 Å². The normalized spacial score (nSPS) is 19.5. The predicted molar refractivity (Wildman–Crippen MR) is 131 cm³/mol. The minimum atomic E-state index is -4.38. The standard InChI is InChI=1S/C24H27F4N5OS/c1-32-10-8-19(18(25)14-32)31-20-6-3-5-16-17(11-24(26,27)28)21(35-22(16)20)7-4-9-29-23(34)15-12-30-33(2)13-15/h3-7,12-13,18-19,31H,8-11,14H2,1-2H3,(H,29,34)/b7-4+/t18-,19+/m0/s1. The SMILES string of the molecule is CN1CC[C@@H](Nc2cccc3c(CC(F)(F)F)c(/C=C/CNC(=O)c4cnn(C)c4)sc23)[C@@H](F)C1. The number of benzene rings is 1. The van der Waals surface area contributed by atoms with Crippen LogP contribution in [0.4, 0.5) is 23.2 Å². The summed E-state index contributed by atoms with van der Waals surface area (Å²) >= 11 is 1.23. The highest BCUT2D eigenvalue weighted by Gasteiger charge is 2.32. The third-order valence-corrected chi connectivity index (χ3v) is 7.18. The minimum absolute atomic E-state index is 0.150. The van der Waals surface area contributed by atoms with Gasteiger partial charge < -0.3 is 15.5 Å². The number of alkyl halides is 4. The lowest BCUT2D eigenvalue weighted by Crippen LogP contribution is -2.46. The van der Waals surface area contributed by atoms with E-state index in [2.05, 4.69) is 15.7 Å². The second kappa shape index (κ2) is 10.4. The van der Waals surface area contributed by atoms with Crippen LogP contribution < -0.4 is 10.6 Å². The maximum Gasteiger partial charge on any atom is 0.393 e. The van der Waals surface area contributed by atoms with Crippen molar-refractivity contribution in [1.29, 1.82) is 0 Å². The molecule has 1 fully saturated rings. The van der Waals surface area contributed by atoms with E-state index in [4.69, 9.17) is 0 Å². The molecule has 188 valence electrons. The van der Waals surface area contributed by atoms with Crippen LogP contribution in [0, 0.1) is 0 Å². The van der Waals surface area contributed by atoms with Crippen LogP contribution in [0.3, 0.4) is 0 Å². The van der Waals surface area contributed by atoms with Gasteiger partial charge in [0, 0.05) is 37.8 Å². The van der Waals surface area contributed by atoms with Gasteiger partial charge in [0.05, 0.1) is 34.6 Å². The van der Waals surface area contributed by atoms with E-state index >= 15 is 0 Å². The largest absolute Gasteiger partial charge is 0.393 e. The maximum atomic E-state index is 14.6. The molecule has 2 aromatic heterocycles. The Hall–Kier alpha value is -2.92. The monoisotopic (exact) mass is 509 g/mol. The van der Waals surface area contributed by atoms with Crippen LogP contribution in [0.2, 0.25) is 0 Å². The van der Waals surface area contributed by atoms with Crippen molar-refractivity contribution in [1.82, 2.24) is 20.0 Å². The first kappa shape index (κ1) is 25.2. The Morgan fingerprint density at radius 1 is 1.31 bits per heavy atom. The van der Waals surface area contributed by atoms with E-state index in [-0.39, 0.29) is 18.0 Å². The summed E-state index contributed by atoms with van der Waals surface area (Å²) in [5.41, 5.74) is 1.21. The summed E-state index contributed by atoms with van der Waals surface area (Å²) in [4.78, 5) is 14.5. The fraction of sp³-hybridized carbons (Fsp3) is 0.417. The van der Waals surface area contributed by atoms with E-state index in [0.717, 1.165) is 6.54 Å². The minimum Gasteiger partial charge on any atom is -0.378 e. The van der Waals surface area contributed by atoms with E-state index in [1.165, 1.54) is 22.2 Å². The Morgan fingerprint density at radius 3 is 2.80 bits per heavy atom. The average molecular weight is 510 g/mol. The van der Waals surface area contributed by atoms with Crippen molar-refractivity contribution in [2.24, 2.45) is 7.05 Å². The van der Waals surface area contributed by atoms with Crippen LogP contribution in [0.5, 0.6) is 0 Å². The topological polar surface area (TPSA) is 62.2 Å². The molecule has 0 bridgehead atoms. The number of aromatic nitrogens is 2. The third-order valence-electron chi connectivity index (χ3n) is 5.93. The van der Waals surface area contributed by atoms with Gasteiger partial charge in [0.25, 0.3) is 5.91 Å². The number of aryl methyl sites for hydroxylation is 1. The van der Waals surface area contributed by atoms with Crippen molar-refractivity contribution in [3.05, 3.63) is 52.7 Å². The number of likely N-dealkylation sites (tertiary alicyclic amines) is 1. The Morgan fingerprint density at radius 2 is 2.11 bits per heavy atom. The first-order chi connectivity index (χ1) is 16.6. The maximum absolute atomic E-state index is 14.6. The van der Waals surface area contributed by atoms with Crippen LogP contribution in [0.15, 0.2) is 36.7 Å². The molecule has 1 saturated heterocycles. The molecule has 4 rings (SSSR count). The molecule has 2 atom stereocenters. The highest BCUT2D eigenvalue weighted by molar-refractivity contribution is 7.20. The van der Waals surface area contributed by atoms with E-state index in [0.29, 0.717) is 39.2 Å². The van der Waals surface area contributed by atoms with E-state index in [9.17, 15) is 22.4 Å². The van der Waals surface area contributed by atoms with Gasteiger partial charge in [-0.2, -0.15) is 18.3 Å². The molecule has 0 aliphatic carbocycles. The Balaban J connectivity index is 1.57. The fourth-order valence-corrected chi connectivity index (χ4v) is 5.42. The number of piperidine rings is 1. The zero-order valence-corrected chi connectivity index (χ0v) is 20.2. The van der Waals surface area contributed by atoms with Gasteiger partial charge in [-0.15, -0.1) is 11.3 Å². The summed E-state index contributed by atoms with van der Waals surface area (Å²) in [7, 11) is 3.56. The first-order valence-electron chi connectivity index (χ1n) is 11.2. The van der Waals surface area contributed by atoms with Crippen LogP contribution in [0.1, 0.15) is 27.2 Å². The zero-order chi connectivity index (χ0) is 25.2. The number of thiophene rings is 1. The summed E-state index contributed by atoms with van der Waals surface area (Å²) in [5, 5.41) is 10.4. The Kier molecular flexibility index (Phi) is 7.46. The first-order valence-corrected chi connectivity index (χ1v) is 12.1. The summed E-state index contributed by atoms with van der Waals surface area (Å²) < 4.78 is 57.0. The third kappa shape index (κ3) is 6.21. The number of anilines is 1. The molecule has 1 aliphatic heterocycles. The number of nitrogens with one attached hydrogen (secondary N) is 2. The van der Waals surface area contributed by atoms with Gasteiger partial charge in [-0.05, 0) is 36.6 Å². The Bertz CT molecular complexity index is 1220. The van der Waals surface area contributed by atoms with Gasteiger partial charge in [0.2, 0.25) is 0 Å². The molecule has 2 N–H and O–H groups in total. The number of fused-ring (bicyclic) bond motifs is 1. The summed E-state index contributed by atoms with van der Waals surface area (Å²) in [5.74, 6) is -0.319. The highest BCUT2D eigenvalue weighted by atomic mass is 32.1. The highest BCUT2D eigenvalue weighted by Crippen LogP contribution is 2.40. The van der Waals surface area contributed by atoms with Gasteiger partial charge in [-0.1, -0.05) is 18.2 Å². The molecule has 0 radical (unpaired) electrons. The van der Waals surface area contributed by atoms with Crippen LogP contribution >= 0.6 is 11.3 Å². The lowest BCUT2D eigenvalue weighted by molar-refractivity contribution is -0.126. The molecule has 3 heterocycles. The number of nitrogens with zero attached hydrogens (tertiary/aromatic N) is 3. The molecule has 3 aromatic rings.